The minimum absolute atomic E-state index is 0.250. The Balaban J connectivity index is 0.000000545. The van der Waals surface area contributed by atoms with Crippen molar-refractivity contribution in [3.8, 4) is 0 Å². The van der Waals surface area contributed by atoms with Gasteiger partial charge in [-0.25, -0.2) is 8.42 Å². The molecule has 0 aliphatic carbocycles. The number of aromatic nitrogens is 1. The Morgan fingerprint density at radius 2 is 1.82 bits per heavy atom. The smallest absolute Gasteiger partial charge is 0.290 e. The second-order valence-corrected chi connectivity index (χ2v) is 7.54. The molecular weight excluding hydrogens is 326 g/mol. The van der Waals surface area contributed by atoms with E-state index in [9.17, 15) is 8.42 Å². The quantitative estimate of drug-likeness (QED) is 0.821. The van der Waals surface area contributed by atoms with E-state index in [1.807, 2.05) is 12.1 Å². The highest BCUT2D eigenvalue weighted by Gasteiger charge is 2.25. The standard InChI is InChI=1S/C12H15N3O2S2.CH2O2/c1-19(16,17)15-8-6-14(7-9-15)12-10-4-2-3-5-11(10)18-13-12;2-1-3/h2-5H,6-9H2,1H3;1H,(H,2,3). The second kappa shape index (κ2) is 7.03. The fourth-order valence-corrected chi connectivity index (χ4v) is 3.95. The topological polar surface area (TPSA) is 90.8 Å². The maximum atomic E-state index is 11.5. The summed E-state index contributed by atoms with van der Waals surface area (Å²) in [7, 11) is -3.07. The number of rotatable bonds is 2. The van der Waals surface area contributed by atoms with Crippen LogP contribution >= 0.6 is 11.5 Å². The van der Waals surface area contributed by atoms with Gasteiger partial charge in [-0.1, -0.05) is 12.1 Å². The highest BCUT2D eigenvalue weighted by Crippen LogP contribution is 2.29. The molecule has 1 aromatic heterocycles. The largest absolute Gasteiger partial charge is 0.483 e. The molecule has 0 radical (unpaired) electrons. The molecule has 1 fully saturated rings. The lowest BCUT2D eigenvalue weighted by Crippen LogP contribution is -2.48. The Hall–Kier alpha value is -1.71. The first-order valence-electron chi connectivity index (χ1n) is 6.59. The van der Waals surface area contributed by atoms with Gasteiger partial charge in [0.15, 0.2) is 0 Å². The van der Waals surface area contributed by atoms with E-state index in [-0.39, 0.29) is 6.47 Å². The number of fused-ring (bicyclic) bond motifs is 1. The fourth-order valence-electron chi connectivity index (χ4n) is 2.33. The molecule has 1 aliphatic rings. The number of hydrogen-bond acceptors (Lipinski definition) is 6. The van der Waals surface area contributed by atoms with Gasteiger partial charge in [-0.2, -0.15) is 8.68 Å². The molecule has 3 rings (SSSR count). The third-order valence-corrected chi connectivity index (χ3v) is 5.49. The average molecular weight is 343 g/mol. The van der Waals surface area contributed by atoms with Crippen LogP contribution in [0, 0.1) is 0 Å². The fraction of sp³-hybridized carbons (Fsp3) is 0.385. The molecule has 0 spiro atoms. The van der Waals surface area contributed by atoms with Crippen LogP contribution in [0.25, 0.3) is 10.1 Å². The van der Waals surface area contributed by atoms with Gasteiger partial charge in [-0.05, 0) is 23.7 Å². The number of sulfonamides is 1. The lowest BCUT2D eigenvalue weighted by molar-refractivity contribution is -0.122. The molecule has 0 unspecified atom stereocenters. The number of hydrogen-bond donors (Lipinski definition) is 1. The number of anilines is 1. The summed E-state index contributed by atoms with van der Waals surface area (Å²) in [5.74, 6) is 0.980. The van der Waals surface area contributed by atoms with Crippen LogP contribution in [0.15, 0.2) is 24.3 Å². The van der Waals surface area contributed by atoms with Crippen LogP contribution in [0.3, 0.4) is 0 Å². The zero-order valence-electron chi connectivity index (χ0n) is 12.0. The molecule has 1 saturated heterocycles. The molecule has 22 heavy (non-hydrogen) atoms. The van der Waals surface area contributed by atoms with Gasteiger partial charge in [0.2, 0.25) is 10.0 Å². The van der Waals surface area contributed by atoms with Gasteiger partial charge >= 0.3 is 0 Å². The Morgan fingerprint density at radius 1 is 1.23 bits per heavy atom. The van der Waals surface area contributed by atoms with Gasteiger partial charge in [-0.15, -0.1) is 0 Å². The average Bonchev–Trinajstić information content (AvgIpc) is 2.91. The summed E-state index contributed by atoms with van der Waals surface area (Å²) in [5, 5.41) is 8.04. The lowest BCUT2D eigenvalue weighted by Gasteiger charge is -2.33. The van der Waals surface area contributed by atoms with Crippen molar-refractivity contribution in [3.63, 3.8) is 0 Å². The number of nitrogens with zero attached hydrogens (tertiary/aromatic N) is 3. The number of piperazine rings is 1. The van der Waals surface area contributed by atoms with Crippen molar-refractivity contribution >= 4 is 43.9 Å². The first kappa shape index (κ1) is 16.7. The maximum absolute atomic E-state index is 11.5. The van der Waals surface area contributed by atoms with E-state index < -0.39 is 10.0 Å². The van der Waals surface area contributed by atoms with Gasteiger partial charge in [-0.3, -0.25) is 4.79 Å². The van der Waals surface area contributed by atoms with E-state index in [0.29, 0.717) is 26.2 Å². The SMILES string of the molecule is CS(=O)(=O)N1CCN(c2nsc3ccccc23)CC1.O=CO. The summed E-state index contributed by atoms with van der Waals surface area (Å²) < 4.78 is 30.2. The molecule has 1 aromatic carbocycles. The number of carbonyl (C=O) groups is 1. The summed E-state index contributed by atoms with van der Waals surface area (Å²) >= 11 is 1.49. The number of benzene rings is 1. The maximum Gasteiger partial charge on any atom is 0.290 e. The van der Waals surface area contributed by atoms with Crippen LogP contribution in [0.4, 0.5) is 5.82 Å². The van der Waals surface area contributed by atoms with Gasteiger partial charge in [0.05, 0.1) is 11.0 Å². The Bertz CT molecular complexity index is 737. The molecule has 9 heteroatoms. The van der Waals surface area contributed by atoms with Crippen LogP contribution in [0.5, 0.6) is 0 Å². The Labute approximate surface area is 133 Å². The summed E-state index contributed by atoms with van der Waals surface area (Å²) in [5.41, 5.74) is 0. The van der Waals surface area contributed by atoms with E-state index >= 15 is 0 Å². The monoisotopic (exact) mass is 343 g/mol. The predicted molar refractivity (Wildman–Crippen MR) is 86.9 cm³/mol. The summed E-state index contributed by atoms with van der Waals surface area (Å²) in [6.45, 7) is 2.21. The van der Waals surface area contributed by atoms with E-state index in [1.54, 1.807) is 0 Å². The molecule has 0 saturated carbocycles. The molecule has 0 atom stereocenters. The molecule has 0 amide bonds. The van der Waals surface area contributed by atoms with Crippen molar-refractivity contribution in [1.82, 2.24) is 8.68 Å². The highest BCUT2D eigenvalue weighted by atomic mass is 32.2. The summed E-state index contributed by atoms with van der Waals surface area (Å²) in [6, 6.07) is 8.14. The predicted octanol–water partition coefficient (Wildman–Crippen LogP) is 1.08. The molecule has 120 valence electrons. The third kappa shape index (κ3) is 3.73. The van der Waals surface area contributed by atoms with Gasteiger partial charge in [0.1, 0.15) is 5.82 Å². The zero-order valence-corrected chi connectivity index (χ0v) is 13.7. The Morgan fingerprint density at radius 3 is 2.41 bits per heavy atom. The normalized spacial score (nSPS) is 16.1. The molecule has 2 aromatic rings. The first-order valence-corrected chi connectivity index (χ1v) is 9.22. The van der Waals surface area contributed by atoms with Crippen LogP contribution in [-0.2, 0) is 14.8 Å². The first-order chi connectivity index (χ1) is 10.5. The van der Waals surface area contributed by atoms with Crippen molar-refractivity contribution in [1.29, 1.82) is 0 Å². The molecule has 2 heterocycles. The summed E-state index contributed by atoms with van der Waals surface area (Å²) in [4.78, 5) is 10.5. The zero-order chi connectivity index (χ0) is 16.2. The highest BCUT2D eigenvalue weighted by molar-refractivity contribution is 7.88. The molecule has 0 bridgehead atoms. The van der Waals surface area contributed by atoms with Crippen molar-refractivity contribution < 1.29 is 18.3 Å². The van der Waals surface area contributed by atoms with Crippen molar-refractivity contribution in [2.24, 2.45) is 0 Å². The van der Waals surface area contributed by atoms with E-state index in [1.165, 1.54) is 26.8 Å². The van der Waals surface area contributed by atoms with Crippen LogP contribution < -0.4 is 4.90 Å². The molecular formula is C13H17N3O4S2. The van der Waals surface area contributed by atoms with Crippen molar-refractivity contribution in [3.05, 3.63) is 24.3 Å². The van der Waals surface area contributed by atoms with Crippen LogP contribution in [0.1, 0.15) is 0 Å². The van der Waals surface area contributed by atoms with E-state index in [0.717, 1.165) is 11.2 Å². The lowest BCUT2D eigenvalue weighted by atomic mass is 10.2. The minimum Gasteiger partial charge on any atom is -0.483 e. The Kier molecular flexibility index (Phi) is 5.33. The van der Waals surface area contributed by atoms with Crippen molar-refractivity contribution in [2.45, 2.75) is 0 Å². The van der Waals surface area contributed by atoms with Crippen LogP contribution in [-0.4, -0.2) is 61.1 Å². The van der Waals surface area contributed by atoms with Gasteiger partial charge in [0, 0.05) is 31.6 Å². The molecule has 1 aliphatic heterocycles. The molecule has 1 N–H and O–H groups in total. The van der Waals surface area contributed by atoms with Crippen molar-refractivity contribution in [2.75, 3.05) is 37.3 Å². The third-order valence-electron chi connectivity index (χ3n) is 3.37. The van der Waals surface area contributed by atoms with Crippen LogP contribution in [0.2, 0.25) is 0 Å². The summed E-state index contributed by atoms with van der Waals surface area (Å²) in [6.07, 6.45) is 1.26. The molecule has 7 nitrogen and oxygen atoms in total. The van der Waals surface area contributed by atoms with E-state index in [2.05, 4.69) is 21.4 Å². The number of carboxylic acid groups (broad SMARTS) is 1. The van der Waals surface area contributed by atoms with Gasteiger partial charge in [0.25, 0.3) is 6.47 Å². The second-order valence-electron chi connectivity index (χ2n) is 4.76. The van der Waals surface area contributed by atoms with Gasteiger partial charge < -0.3 is 10.0 Å². The minimum atomic E-state index is -3.07. The van der Waals surface area contributed by atoms with E-state index in [4.69, 9.17) is 9.90 Å².